The minimum absolute atomic E-state index is 0. The van der Waals surface area contributed by atoms with E-state index in [1.165, 1.54) is 0 Å². The van der Waals surface area contributed by atoms with E-state index < -0.39 is 11.2 Å². The Morgan fingerprint density at radius 3 is 1.83 bits per heavy atom. The zero-order valence-electron chi connectivity index (χ0n) is 12.1. The molecule has 0 aliphatic carbocycles. The van der Waals surface area contributed by atoms with E-state index in [0.29, 0.717) is 11.3 Å². The van der Waals surface area contributed by atoms with Crippen molar-refractivity contribution in [2.45, 2.75) is 38.9 Å². The first-order chi connectivity index (χ1) is 7.58. The molecule has 18 heavy (non-hydrogen) atoms. The van der Waals surface area contributed by atoms with Gasteiger partial charge in [-0.1, -0.05) is 36.7 Å². The van der Waals surface area contributed by atoms with Crippen molar-refractivity contribution in [2.24, 2.45) is 0 Å². The summed E-state index contributed by atoms with van der Waals surface area (Å²) >= 11 is 0. The summed E-state index contributed by atoms with van der Waals surface area (Å²) in [5.74, 6) is 0.676. The first-order valence-corrected chi connectivity index (χ1v) is 5.34. The Labute approximate surface area is 153 Å². The fourth-order valence-electron chi connectivity index (χ4n) is 0.556. The van der Waals surface area contributed by atoms with Crippen LogP contribution in [0, 0.1) is 0 Å². The molecular formula is C12H20BKN2O2. The molecule has 0 aliphatic rings. The SMILES string of the molecule is CC(C)(O)C(C)(C)O.[B]c1ccnc([N-]C)c1.[K+]. The molecule has 0 spiro atoms. The topological polar surface area (TPSA) is 67.5 Å². The fraction of sp³-hybridized carbons (Fsp3) is 0.583. The van der Waals surface area contributed by atoms with Gasteiger partial charge in [0.2, 0.25) is 0 Å². The first kappa shape index (κ1) is 20.9. The number of aromatic nitrogens is 1. The number of aliphatic hydroxyl groups is 2. The summed E-state index contributed by atoms with van der Waals surface area (Å²) in [6, 6.07) is 3.45. The molecule has 0 saturated heterocycles. The van der Waals surface area contributed by atoms with Crippen molar-refractivity contribution in [2.75, 3.05) is 7.05 Å². The normalized spacial score (nSPS) is 10.8. The average Bonchev–Trinajstić information content (AvgIpc) is 2.15. The Bertz CT molecular complexity index is 337. The molecule has 1 aromatic heterocycles. The number of pyridine rings is 1. The van der Waals surface area contributed by atoms with Crippen LogP contribution in [0.2, 0.25) is 0 Å². The Kier molecular flexibility index (Phi) is 10.1. The molecule has 2 N–H and O–H groups in total. The van der Waals surface area contributed by atoms with Crippen molar-refractivity contribution in [3.05, 3.63) is 23.6 Å². The summed E-state index contributed by atoms with van der Waals surface area (Å²) in [7, 11) is 7.12. The monoisotopic (exact) mass is 274 g/mol. The summed E-state index contributed by atoms with van der Waals surface area (Å²) in [6.07, 6.45) is 1.64. The van der Waals surface area contributed by atoms with Crippen molar-refractivity contribution in [1.29, 1.82) is 0 Å². The van der Waals surface area contributed by atoms with Gasteiger partial charge in [-0.15, -0.1) is 0 Å². The van der Waals surface area contributed by atoms with Gasteiger partial charge >= 0.3 is 51.4 Å². The third-order valence-corrected chi connectivity index (χ3v) is 2.50. The Hall–Kier alpha value is 0.571. The molecule has 0 atom stereocenters. The van der Waals surface area contributed by atoms with E-state index >= 15 is 0 Å². The van der Waals surface area contributed by atoms with Crippen LogP contribution in [0.4, 0.5) is 5.82 Å². The predicted molar refractivity (Wildman–Crippen MR) is 71.2 cm³/mol. The number of nitrogens with zero attached hydrogens (tertiary/aromatic N) is 2. The zero-order valence-corrected chi connectivity index (χ0v) is 15.2. The van der Waals surface area contributed by atoms with Crippen LogP contribution in [-0.2, 0) is 0 Å². The quantitative estimate of drug-likeness (QED) is 0.616. The molecule has 1 heterocycles. The molecule has 4 nitrogen and oxygen atoms in total. The largest absolute Gasteiger partial charge is 1.00 e. The van der Waals surface area contributed by atoms with Crippen LogP contribution < -0.4 is 56.8 Å². The van der Waals surface area contributed by atoms with Crippen molar-refractivity contribution in [1.82, 2.24) is 4.98 Å². The maximum atomic E-state index is 9.10. The molecule has 2 radical (unpaired) electrons. The van der Waals surface area contributed by atoms with E-state index in [-0.39, 0.29) is 51.4 Å². The molecular weight excluding hydrogens is 254 g/mol. The van der Waals surface area contributed by atoms with Crippen LogP contribution in [-0.4, -0.2) is 41.3 Å². The van der Waals surface area contributed by atoms with Crippen molar-refractivity contribution >= 4 is 19.1 Å². The van der Waals surface area contributed by atoms with Gasteiger partial charge in [0.1, 0.15) is 7.85 Å². The van der Waals surface area contributed by atoms with E-state index in [1.54, 1.807) is 53.1 Å². The molecule has 0 aromatic carbocycles. The maximum Gasteiger partial charge on any atom is 1.00 e. The molecule has 0 bridgehead atoms. The fourth-order valence-corrected chi connectivity index (χ4v) is 0.556. The Balaban J connectivity index is 0. The van der Waals surface area contributed by atoms with Crippen LogP contribution >= 0.6 is 0 Å². The minimum Gasteiger partial charge on any atom is -0.469 e. The van der Waals surface area contributed by atoms with Crippen LogP contribution in [0.1, 0.15) is 27.7 Å². The van der Waals surface area contributed by atoms with E-state index in [4.69, 9.17) is 18.1 Å². The van der Waals surface area contributed by atoms with Gasteiger partial charge in [-0.3, -0.25) is 0 Å². The van der Waals surface area contributed by atoms with Crippen molar-refractivity contribution in [3.63, 3.8) is 0 Å². The third-order valence-electron chi connectivity index (χ3n) is 2.50. The summed E-state index contributed by atoms with van der Waals surface area (Å²) in [6.45, 7) is 6.31. The molecule has 0 aliphatic heterocycles. The molecule has 1 aromatic rings. The minimum atomic E-state index is -1.01. The van der Waals surface area contributed by atoms with Crippen molar-refractivity contribution in [3.8, 4) is 0 Å². The predicted octanol–water partition coefficient (Wildman–Crippen LogP) is -1.96. The second-order valence-electron chi connectivity index (χ2n) is 4.79. The van der Waals surface area contributed by atoms with E-state index in [0.717, 1.165) is 0 Å². The van der Waals surface area contributed by atoms with Gasteiger partial charge < -0.3 is 20.5 Å². The molecule has 6 heteroatoms. The van der Waals surface area contributed by atoms with Gasteiger partial charge in [0.05, 0.1) is 11.2 Å². The second-order valence-corrected chi connectivity index (χ2v) is 4.79. The van der Waals surface area contributed by atoms with Crippen molar-refractivity contribution < 1.29 is 61.6 Å². The van der Waals surface area contributed by atoms with Gasteiger partial charge in [-0.05, 0) is 27.7 Å². The third kappa shape index (κ3) is 8.63. The molecule has 1 rings (SSSR count). The van der Waals surface area contributed by atoms with E-state index in [2.05, 4.69) is 10.3 Å². The van der Waals surface area contributed by atoms with Crippen LogP contribution in [0.25, 0.3) is 5.32 Å². The Morgan fingerprint density at radius 1 is 1.17 bits per heavy atom. The summed E-state index contributed by atoms with van der Waals surface area (Å²) < 4.78 is 0. The van der Waals surface area contributed by atoms with E-state index in [9.17, 15) is 0 Å². The van der Waals surface area contributed by atoms with Crippen LogP contribution in [0.15, 0.2) is 18.3 Å². The second kappa shape index (κ2) is 8.68. The molecule has 0 unspecified atom stereocenters. The molecule has 0 fully saturated rings. The molecule has 94 valence electrons. The standard InChI is InChI=1S/C6H6BN2.C6H14O2.K/c1-8-6-4-5(7)2-3-9-6;1-5(2,7)6(3,4)8;/h2-4H,1H3;7-8H,1-4H3;/q-1;;+1. The summed E-state index contributed by atoms with van der Waals surface area (Å²) in [4.78, 5) is 3.91. The zero-order chi connectivity index (χ0) is 13.7. The molecule has 0 saturated carbocycles. The maximum absolute atomic E-state index is 9.10. The summed E-state index contributed by atoms with van der Waals surface area (Å²) in [5.41, 5.74) is -1.31. The van der Waals surface area contributed by atoms with Gasteiger partial charge in [0.25, 0.3) is 0 Å². The number of hydrogen-bond donors (Lipinski definition) is 2. The van der Waals surface area contributed by atoms with Gasteiger partial charge in [0, 0.05) is 0 Å². The smallest absolute Gasteiger partial charge is 0.469 e. The Morgan fingerprint density at radius 2 is 1.61 bits per heavy atom. The number of hydrogen-bond acceptors (Lipinski definition) is 3. The first-order valence-electron chi connectivity index (χ1n) is 5.34. The van der Waals surface area contributed by atoms with Crippen LogP contribution in [0.3, 0.4) is 0 Å². The summed E-state index contributed by atoms with van der Waals surface area (Å²) in [5, 5.41) is 22.0. The van der Waals surface area contributed by atoms with Crippen LogP contribution in [0.5, 0.6) is 0 Å². The van der Waals surface area contributed by atoms with Gasteiger partial charge in [0.15, 0.2) is 0 Å². The van der Waals surface area contributed by atoms with E-state index in [1.807, 2.05) is 0 Å². The average molecular weight is 274 g/mol. The van der Waals surface area contributed by atoms with Gasteiger partial charge in [-0.25, -0.2) is 0 Å². The number of rotatable bonds is 2. The van der Waals surface area contributed by atoms with Gasteiger partial charge in [-0.2, -0.15) is 0 Å². The molecule has 0 amide bonds.